The number of ether oxygens (including phenoxy) is 1. The minimum Gasteiger partial charge on any atom is -0.496 e. The third-order valence-electron chi connectivity index (χ3n) is 4.76. The largest absolute Gasteiger partial charge is 0.496 e. The van der Waals surface area contributed by atoms with Crippen molar-refractivity contribution in [3.63, 3.8) is 0 Å². The third kappa shape index (κ3) is 3.25. The highest BCUT2D eigenvalue weighted by atomic mass is 16.5. The molecule has 1 saturated carbocycles. The zero-order valence-corrected chi connectivity index (χ0v) is 13.9. The molecule has 0 saturated heterocycles. The molecule has 24 heavy (non-hydrogen) atoms. The molecule has 1 fully saturated rings. The van der Waals surface area contributed by atoms with Crippen LogP contribution in [0.3, 0.4) is 0 Å². The second-order valence-corrected chi connectivity index (χ2v) is 6.16. The topological polar surface area (TPSA) is 81.9 Å². The van der Waals surface area contributed by atoms with Gasteiger partial charge in [-0.3, -0.25) is 4.79 Å². The number of carbonyl (C=O) groups is 1. The summed E-state index contributed by atoms with van der Waals surface area (Å²) in [5.41, 5.74) is 0.433. The molecule has 1 heterocycles. The maximum atomic E-state index is 12.9. The van der Waals surface area contributed by atoms with Crippen LogP contribution in [0.25, 0.3) is 0 Å². The fourth-order valence-corrected chi connectivity index (χ4v) is 3.44. The molecule has 0 spiro atoms. The van der Waals surface area contributed by atoms with Gasteiger partial charge in [0.25, 0.3) is 0 Å². The van der Waals surface area contributed by atoms with Crippen molar-refractivity contribution in [3.8, 4) is 5.75 Å². The Labute approximate surface area is 141 Å². The Morgan fingerprint density at radius 1 is 1.29 bits per heavy atom. The van der Waals surface area contributed by atoms with Crippen LogP contribution in [0, 0.1) is 0 Å². The zero-order valence-electron chi connectivity index (χ0n) is 13.9. The number of rotatable bonds is 6. The van der Waals surface area contributed by atoms with E-state index in [0.29, 0.717) is 6.54 Å². The van der Waals surface area contributed by atoms with E-state index in [1.165, 1.54) is 0 Å². The highest BCUT2D eigenvalue weighted by Crippen LogP contribution is 2.34. The van der Waals surface area contributed by atoms with Crippen molar-refractivity contribution >= 4 is 5.91 Å². The predicted octanol–water partition coefficient (Wildman–Crippen LogP) is 1.70. The monoisotopic (exact) mass is 329 g/mol. The van der Waals surface area contributed by atoms with Crippen LogP contribution >= 0.6 is 0 Å². The van der Waals surface area contributed by atoms with Gasteiger partial charge >= 0.3 is 0 Å². The summed E-state index contributed by atoms with van der Waals surface area (Å²) in [6, 6.07) is 7.86. The van der Waals surface area contributed by atoms with Gasteiger partial charge in [-0.1, -0.05) is 37.5 Å². The van der Waals surface area contributed by atoms with Crippen molar-refractivity contribution < 1.29 is 9.53 Å². The lowest BCUT2D eigenvalue weighted by Crippen LogP contribution is -2.50. The van der Waals surface area contributed by atoms with E-state index in [1.807, 2.05) is 24.3 Å². The summed E-state index contributed by atoms with van der Waals surface area (Å²) in [4.78, 5) is 12.9. The standard InChI is InChI=1S/C17H23N5O2/c1-24-15-8-4-3-7-14(15)9-12-18-16(23)17(10-5-2-6-11-17)22-13-19-20-21-22/h3-4,7-8,13H,2,5-6,9-12H2,1H3,(H,18,23). The van der Waals surface area contributed by atoms with Crippen molar-refractivity contribution in [2.45, 2.75) is 44.1 Å². The number of amides is 1. The lowest BCUT2D eigenvalue weighted by atomic mass is 9.81. The molecular weight excluding hydrogens is 306 g/mol. The van der Waals surface area contributed by atoms with E-state index in [4.69, 9.17) is 4.74 Å². The molecule has 128 valence electrons. The predicted molar refractivity (Wildman–Crippen MR) is 88.6 cm³/mol. The Morgan fingerprint density at radius 2 is 2.08 bits per heavy atom. The Hall–Kier alpha value is -2.44. The Balaban J connectivity index is 1.66. The molecule has 2 aromatic rings. The molecule has 0 aliphatic heterocycles. The molecule has 1 aromatic carbocycles. The molecule has 1 amide bonds. The van der Waals surface area contributed by atoms with Crippen molar-refractivity contribution in [2.75, 3.05) is 13.7 Å². The number of hydrogen-bond donors (Lipinski definition) is 1. The van der Waals surface area contributed by atoms with Gasteiger partial charge in [0.1, 0.15) is 17.6 Å². The fraction of sp³-hybridized carbons (Fsp3) is 0.529. The minimum atomic E-state index is -0.650. The van der Waals surface area contributed by atoms with Crippen LogP contribution in [0.1, 0.15) is 37.7 Å². The number of nitrogens with zero attached hydrogens (tertiary/aromatic N) is 4. The van der Waals surface area contributed by atoms with Crippen molar-refractivity contribution in [3.05, 3.63) is 36.2 Å². The molecular formula is C17H23N5O2. The van der Waals surface area contributed by atoms with Crippen molar-refractivity contribution in [1.29, 1.82) is 0 Å². The molecule has 1 N–H and O–H groups in total. The summed E-state index contributed by atoms with van der Waals surface area (Å²) in [5.74, 6) is 0.851. The number of carbonyl (C=O) groups excluding carboxylic acids is 1. The van der Waals surface area contributed by atoms with Crippen LogP contribution in [-0.2, 0) is 16.8 Å². The minimum absolute atomic E-state index is 0.00407. The average molecular weight is 329 g/mol. The van der Waals surface area contributed by atoms with Crippen molar-refractivity contribution in [2.24, 2.45) is 0 Å². The van der Waals surface area contributed by atoms with Gasteiger partial charge in [0.05, 0.1) is 7.11 Å². The van der Waals surface area contributed by atoms with E-state index in [2.05, 4.69) is 20.8 Å². The van der Waals surface area contributed by atoms with Crippen LogP contribution < -0.4 is 10.1 Å². The number of aromatic nitrogens is 4. The summed E-state index contributed by atoms with van der Waals surface area (Å²) in [6.45, 7) is 0.559. The van der Waals surface area contributed by atoms with Gasteiger partial charge in [-0.05, 0) is 41.3 Å². The fourth-order valence-electron chi connectivity index (χ4n) is 3.44. The maximum Gasteiger partial charge on any atom is 0.248 e. The summed E-state index contributed by atoms with van der Waals surface area (Å²) >= 11 is 0. The first-order valence-electron chi connectivity index (χ1n) is 8.40. The second kappa shape index (κ2) is 7.42. The Bertz CT molecular complexity index is 665. The van der Waals surface area contributed by atoms with E-state index in [-0.39, 0.29) is 5.91 Å². The molecule has 7 heteroatoms. The third-order valence-corrected chi connectivity index (χ3v) is 4.76. The first-order valence-corrected chi connectivity index (χ1v) is 8.40. The van der Waals surface area contributed by atoms with Gasteiger partial charge in [0, 0.05) is 6.54 Å². The SMILES string of the molecule is COc1ccccc1CCNC(=O)C1(n2cnnn2)CCCCC1. The highest BCUT2D eigenvalue weighted by molar-refractivity contribution is 5.84. The highest BCUT2D eigenvalue weighted by Gasteiger charge is 2.42. The molecule has 0 unspecified atom stereocenters. The van der Waals surface area contributed by atoms with E-state index in [1.54, 1.807) is 18.1 Å². The summed E-state index contributed by atoms with van der Waals surface area (Å²) in [5, 5.41) is 14.5. The van der Waals surface area contributed by atoms with Crippen LogP contribution in [0.2, 0.25) is 0 Å². The smallest absolute Gasteiger partial charge is 0.248 e. The van der Waals surface area contributed by atoms with Crippen LogP contribution in [0.4, 0.5) is 0 Å². The number of nitrogens with one attached hydrogen (secondary N) is 1. The van der Waals surface area contributed by atoms with Gasteiger partial charge in [-0.2, -0.15) is 0 Å². The molecule has 1 aliphatic carbocycles. The normalized spacial score (nSPS) is 16.5. The van der Waals surface area contributed by atoms with Gasteiger partial charge in [-0.25, -0.2) is 4.68 Å². The first-order chi connectivity index (χ1) is 11.8. The number of methoxy groups -OCH3 is 1. The quantitative estimate of drug-likeness (QED) is 0.872. The van der Waals surface area contributed by atoms with Crippen LogP contribution in [0.15, 0.2) is 30.6 Å². The average Bonchev–Trinajstić information content (AvgIpc) is 3.18. The van der Waals surface area contributed by atoms with E-state index >= 15 is 0 Å². The molecule has 7 nitrogen and oxygen atoms in total. The van der Waals surface area contributed by atoms with Crippen LogP contribution in [0.5, 0.6) is 5.75 Å². The summed E-state index contributed by atoms with van der Waals surface area (Å²) in [6.07, 6.45) is 7.00. The lowest BCUT2D eigenvalue weighted by Gasteiger charge is -2.35. The van der Waals surface area contributed by atoms with Gasteiger partial charge in [0.15, 0.2) is 0 Å². The summed E-state index contributed by atoms with van der Waals surface area (Å²) in [7, 11) is 1.66. The number of benzene rings is 1. The second-order valence-electron chi connectivity index (χ2n) is 6.16. The lowest BCUT2D eigenvalue weighted by molar-refractivity contribution is -0.132. The van der Waals surface area contributed by atoms with E-state index in [0.717, 1.165) is 49.8 Å². The number of para-hydroxylation sites is 1. The molecule has 0 radical (unpaired) electrons. The molecule has 1 aromatic heterocycles. The molecule has 0 atom stereocenters. The Morgan fingerprint density at radius 3 is 2.79 bits per heavy atom. The summed E-state index contributed by atoms with van der Waals surface area (Å²) < 4.78 is 6.98. The van der Waals surface area contributed by atoms with Gasteiger partial charge in [0.2, 0.25) is 5.91 Å². The molecule has 3 rings (SSSR count). The van der Waals surface area contributed by atoms with E-state index in [9.17, 15) is 4.79 Å². The molecule has 0 bridgehead atoms. The zero-order chi connectivity index (χ0) is 16.8. The van der Waals surface area contributed by atoms with Crippen LogP contribution in [-0.4, -0.2) is 39.8 Å². The Kier molecular flexibility index (Phi) is 5.08. The van der Waals surface area contributed by atoms with E-state index < -0.39 is 5.54 Å². The number of hydrogen-bond acceptors (Lipinski definition) is 5. The maximum absolute atomic E-state index is 12.9. The number of tetrazole rings is 1. The van der Waals surface area contributed by atoms with Gasteiger partial charge < -0.3 is 10.1 Å². The molecule has 1 aliphatic rings. The first kappa shape index (κ1) is 16.4. The van der Waals surface area contributed by atoms with Crippen molar-refractivity contribution in [1.82, 2.24) is 25.5 Å². The van der Waals surface area contributed by atoms with Gasteiger partial charge in [-0.15, -0.1) is 5.10 Å².